The Kier molecular flexibility index (Phi) is 3.12. The highest BCUT2D eigenvalue weighted by molar-refractivity contribution is 5.98. The lowest BCUT2D eigenvalue weighted by Gasteiger charge is -2.23. The molecule has 1 aromatic heterocycles. The van der Waals surface area contributed by atoms with Gasteiger partial charge in [-0.2, -0.15) is 0 Å². The molecule has 0 amide bonds. The minimum atomic E-state index is 0.00406. The summed E-state index contributed by atoms with van der Waals surface area (Å²) in [6, 6.07) is 24.3. The number of nitrogens with zero attached hydrogens (tertiary/aromatic N) is 1. The Morgan fingerprint density at radius 1 is 0.808 bits per heavy atom. The fraction of sp³-hybridized carbons (Fsp3) is 0.160. The Balaban J connectivity index is 1.79. The molecule has 1 heterocycles. The van der Waals surface area contributed by atoms with Gasteiger partial charge in [0.2, 0.25) is 0 Å². The van der Waals surface area contributed by atoms with Crippen LogP contribution in [0.3, 0.4) is 0 Å². The largest absolute Gasteiger partial charge is 0.256 e. The number of fused-ring (bicyclic) bond motifs is 5. The van der Waals surface area contributed by atoms with Crippen molar-refractivity contribution in [3.63, 3.8) is 0 Å². The summed E-state index contributed by atoms with van der Waals surface area (Å²) >= 11 is 0. The summed E-state index contributed by atoms with van der Waals surface area (Å²) in [5, 5.41) is 2.68. The second kappa shape index (κ2) is 5.28. The summed E-state index contributed by atoms with van der Waals surface area (Å²) in [6.45, 7) is 6.80. The molecule has 1 heteroatoms. The van der Waals surface area contributed by atoms with Crippen molar-refractivity contribution < 1.29 is 0 Å². The van der Waals surface area contributed by atoms with Gasteiger partial charge in [0.05, 0.1) is 5.69 Å². The first-order valence-electron chi connectivity index (χ1n) is 9.16. The van der Waals surface area contributed by atoms with Gasteiger partial charge in [0, 0.05) is 17.2 Å². The van der Waals surface area contributed by atoms with Crippen LogP contribution in [0.25, 0.3) is 33.2 Å². The molecule has 0 spiro atoms. The molecule has 1 nitrogen and oxygen atoms in total. The third kappa shape index (κ3) is 2.07. The topological polar surface area (TPSA) is 12.9 Å². The highest BCUT2D eigenvalue weighted by Gasteiger charge is 2.36. The SMILES string of the molecule is Cc1ccnc(-c2ccc3c(c2)-c2ccc4ccccc4c2C3(C)C)c1. The average molecular weight is 335 g/mol. The Labute approximate surface area is 154 Å². The van der Waals surface area contributed by atoms with E-state index in [1.807, 2.05) is 12.3 Å². The molecule has 0 saturated heterocycles. The van der Waals surface area contributed by atoms with Crippen LogP contribution < -0.4 is 0 Å². The molecule has 0 atom stereocenters. The molecule has 5 rings (SSSR count). The number of hydrogen-bond donors (Lipinski definition) is 0. The predicted octanol–water partition coefficient (Wildman–Crippen LogP) is 6.52. The maximum Gasteiger partial charge on any atom is 0.0704 e. The number of aromatic nitrogens is 1. The van der Waals surface area contributed by atoms with Gasteiger partial charge < -0.3 is 0 Å². The van der Waals surface area contributed by atoms with Crippen molar-refractivity contribution in [1.29, 1.82) is 0 Å². The van der Waals surface area contributed by atoms with E-state index in [9.17, 15) is 0 Å². The van der Waals surface area contributed by atoms with Crippen LogP contribution in [0.1, 0.15) is 30.5 Å². The van der Waals surface area contributed by atoms with Crippen molar-refractivity contribution in [2.75, 3.05) is 0 Å². The van der Waals surface area contributed by atoms with Gasteiger partial charge in [0.25, 0.3) is 0 Å². The Morgan fingerprint density at radius 3 is 2.50 bits per heavy atom. The van der Waals surface area contributed by atoms with Gasteiger partial charge in [-0.15, -0.1) is 0 Å². The van der Waals surface area contributed by atoms with Crippen LogP contribution in [0, 0.1) is 6.92 Å². The van der Waals surface area contributed by atoms with Crippen LogP contribution in [0.2, 0.25) is 0 Å². The van der Waals surface area contributed by atoms with Crippen LogP contribution >= 0.6 is 0 Å². The van der Waals surface area contributed by atoms with Crippen LogP contribution in [0.5, 0.6) is 0 Å². The van der Waals surface area contributed by atoms with Crippen LogP contribution in [0.15, 0.2) is 72.9 Å². The number of rotatable bonds is 1. The first kappa shape index (κ1) is 15.3. The normalized spacial score (nSPS) is 14.3. The first-order valence-corrected chi connectivity index (χ1v) is 9.16. The van der Waals surface area contributed by atoms with Gasteiger partial charge in [0.15, 0.2) is 0 Å². The minimum Gasteiger partial charge on any atom is -0.256 e. The van der Waals surface area contributed by atoms with Gasteiger partial charge >= 0.3 is 0 Å². The lowest BCUT2D eigenvalue weighted by Crippen LogP contribution is -2.15. The maximum absolute atomic E-state index is 4.58. The van der Waals surface area contributed by atoms with E-state index >= 15 is 0 Å². The summed E-state index contributed by atoms with van der Waals surface area (Å²) in [4.78, 5) is 4.58. The van der Waals surface area contributed by atoms with E-state index in [1.54, 1.807) is 0 Å². The van der Waals surface area contributed by atoms with Crippen molar-refractivity contribution >= 4 is 10.8 Å². The Bertz CT molecular complexity index is 1170. The van der Waals surface area contributed by atoms with Crippen LogP contribution in [-0.2, 0) is 5.41 Å². The number of benzene rings is 3. The zero-order chi connectivity index (χ0) is 17.9. The average Bonchev–Trinajstić information content (AvgIpc) is 2.89. The molecule has 0 unspecified atom stereocenters. The third-order valence-electron chi connectivity index (χ3n) is 5.75. The molecular formula is C25H21N. The van der Waals surface area contributed by atoms with E-state index in [1.165, 1.54) is 44.2 Å². The number of pyridine rings is 1. The quantitative estimate of drug-likeness (QED) is 0.386. The molecule has 1 aliphatic carbocycles. The minimum absolute atomic E-state index is 0.00406. The second-order valence-corrected chi connectivity index (χ2v) is 7.81. The van der Waals surface area contributed by atoms with Crippen molar-refractivity contribution in [3.05, 3.63) is 89.6 Å². The van der Waals surface area contributed by atoms with E-state index in [0.29, 0.717) is 0 Å². The highest BCUT2D eigenvalue weighted by atomic mass is 14.7. The molecule has 26 heavy (non-hydrogen) atoms. The van der Waals surface area contributed by atoms with Gasteiger partial charge in [-0.3, -0.25) is 4.98 Å². The van der Waals surface area contributed by atoms with Gasteiger partial charge in [-0.05, 0) is 63.7 Å². The molecule has 0 radical (unpaired) electrons. The van der Waals surface area contributed by atoms with Crippen molar-refractivity contribution in [2.45, 2.75) is 26.2 Å². The van der Waals surface area contributed by atoms with E-state index < -0.39 is 0 Å². The summed E-state index contributed by atoms with van der Waals surface area (Å²) in [6.07, 6.45) is 1.89. The first-order chi connectivity index (χ1) is 12.6. The van der Waals surface area contributed by atoms with Crippen molar-refractivity contribution in [3.8, 4) is 22.4 Å². The zero-order valence-electron chi connectivity index (χ0n) is 15.4. The highest BCUT2D eigenvalue weighted by Crippen LogP contribution is 2.51. The molecule has 0 saturated carbocycles. The molecule has 0 bridgehead atoms. The molecule has 0 aliphatic heterocycles. The standard InChI is InChI=1S/C25H21N/c1-16-12-13-26-23(14-16)18-9-11-22-21(15-18)20-10-8-17-6-4-5-7-19(17)24(20)25(22,2)3/h4-15H,1-3H3. The van der Waals surface area contributed by atoms with Crippen molar-refractivity contribution in [2.24, 2.45) is 0 Å². The molecule has 3 aromatic carbocycles. The van der Waals surface area contributed by atoms with Crippen LogP contribution in [-0.4, -0.2) is 4.98 Å². The Morgan fingerprint density at radius 2 is 1.65 bits per heavy atom. The molecular weight excluding hydrogens is 314 g/mol. The second-order valence-electron chi connectivity index (χ2n) is 7.81. The summed E-state index contributed by atoms with van der Waals surface area (Å²) in [7, 11) is 0. The number of hydrogen-bond acceptors (Lipinski definition) is 1. The number of aryl methyl sites for hydroxylation is 1. The maximum atomic E-state index is 4.58. The monoisotopic (exact) mass is 335 g/mol. The van der Waals surface area contributed by atoms with E-state index in [-0.39, 0.29) is 5.41 Å². The lowest BCUT2D eigenvalue weighted by molar-refractivity contribution is 0.666. The molecule has 4 aromatic rings. The molecule has 0 N–H and O–H groups in total. The fourth-order valence-corrected chi connectivity index (χ4v) is 4.47. The van der Waals surface area contributed by atoms with Crippen LogP contribution in [0.4, 0.5) is 0 Å². The summed E-state index contributed by atoms with van der Waals surface area (Å²) < 4.78 is 0. The van der Waals surface area contributed by atoms with E-state index in [0.717, 1.165) is 5.69 Å². The van der Waals surface area contributed by atoms with Gasteiger partial charge in [-0.1, -0.05) is 62.4 Å². The molecule has 1 aliphatic rings. The van der Waals surface area contributed by atoms with Gasteiger partial charge in [0.1, 0.15) is 0 Å². The molecule has 126 valence electrons. The lowest BCUT2D eigenvalue weighted by atomic mass is 9.80. The van der Waals surface area contributed by atoms with Gasteiger partial charge in [-0.25, -0.2) is 0 Å². The van der Waals surface area contributed by atoms with Crippen molar-refractivity contribution in [1.82, 2.24) is 4.98 Å². The predicted molar refractivity (Wildman–Crippen MR) is 109 cm³/mol. The Hall–Kier alpha value is -2.93. The zero-order valence-corrected chi connectivity index (χ0v) is 15.4. The van der Waals surface area contributed by atoms with E-state index in [2.05, 4.69) is 86.4 Å². The van der Waals surface area contributed by atoms with E-state index in [4.69, 9.17) is 0 Å². The fourth-order valence-electron chi connectivity index (χ4n) is 4.47. The third-order valence-corrected chi connectivity index (χ3v) is 5.75. The molecule has 0 fully saturated rings. The summed E-state index contributed by atoms with van der Waals surface area (Å²) in [5.74, 6) is 0. The smallest absolute Gasteiger partial charge is 0.0704 e. The summed E-state index contributed by atoms with van der Waals surface area (Å²) in [5.41, 5.74) is 9.02.